The van der Waals surface area contributed by atoms with Gasteiger partial charge in [-0.3, -0.25) is 0 Å². The van der Waals surface area contributed by atoms with E-state index in [0.29, 0.717) is 18.3 Å². The van der Waals surface area contributed by atoms with Crippen molar-refractivity contribution in [3.8, 4) is 0 Å². The minimum absolute atomic E-state index is 0.304. The first-order valence-electron chi connectivity index (χ1n) is 6.07. The number of hydrogen-bond donors (Lipinski definition) is 1. The fraction of sp³-hybridized carbons (Fsp3) is 0.500. The van der Waals surface area contributed by atoms with Crippen LogP contribution in [-0.4, -0.2) is 23.8 Å². The highest BCUT2D eigenvalue weighted by Crippen LogP contribution is 2.07. The summed E-state index contributed by atoms with van der Waals surface area (Å²) in [5, 5.41) is 8.76. The third kappa shape index (κ3) is 5.00. The average molecular weight is 236 g/mol. The lowest BCUT2D eigenvalue weighted by Crippen LogP contribution is -2.10. The maximum Gasteiger partial charge on any atom is 0.335 e. The van der Waals surface area contributed by atoms with Crippen LogP contribution in [0.5, 0.6) is 0 Å². The van der Waals surface area contributed by atoms with Gasteiger partial charge in [0.25, 0.3) is 0 Å². The Bertz CT molecular complexity index is 343. The Hall–Kier alpha value is -1.35. The van der Waals surface area contributed by atoms with E-state index in [4.69, 9.17) is 9.84 Å². The molecule has 3 nitrogen and oxygen atoms in total. The molecule has 0 aliphatic rings. The van der Waals surface area contributed by atoms with Crippen molar-refractivity contribution >= 4 is 5.97 Å². The number of carbonyl (C=O) groups is 1. The van der Waals surface area contributed by atoms with Gasteiger partial charge in [-0.2, -0.15) is 0 Å². The second kappa shape index (κ2) is 7.07. The van der Waals surface area contributed by atoms with Crippen LogP contribution in [0.2, 0.25) is 0 Å². The molecule has 1 aromatic carbocycles. The van der Waals surface area contributed by atoms with Crippen molar-refractivity contribution < 1.29 is 14.6 Å². The fourth-order valence-electron chi connectivity index (χ4n) is 1.68. The number of hydrogen-bond acceptors (Lipinski definition) is 2. The summed E-state index contributed by atoms with van der Waals surface area (Å²) in [7, 11) is 0. The quantitative estimate of drug-likeness (QED) is 0.791. The summed E-state index contributed by atoms with van der Waals surface area (Å²) in [6.45, 7) is 4.91. The molecular formula is C14H20O3. The van der Waals surface area contributed by atoms with Crippen LogP contribution in [0.25, 0.3) is 0 Å². The molecule has 1 aromatic rings. The van der Waals surface area contributed by atoms with Gasteiger partial charge in [0.05, 0.1) is 18.3 Å². The number of aromatic carboxylic acids is 1. The number of rotatable bonds is 7. The van der Waals surface area contributed by atoms with E-state index in [-0.39, 0.29) is 0 Å². The molecule has 1 atom stereocenters. The number of ether oxygens (including phenoxy) is 1. The van der Waals surface area contributed by atoms with Crippen molar-refractivity contribution in [2.75, 3.05) is 6.61 Å². The fourth-order valence-corrected chi connectivity index (χ4v) is 1.68. The molecule has 0 aromatic heterocycles. The number of benzene rings is 1. The maximum atomic E-state index is 10.7. The molecule has 0 bridgehead atoms. The molecule has 0 spiro atoms. The van der Waals surface area contributed by atoms with Gasteiger partial charge in [0.15, 0.2) is 0 Å². The molecule has 3 heteroatoms. The number of carboxylic acid groups (broad SMARTS) is 1. The Balaban J connectivity index is 2.34. The smallest absolute Gasteiger partial charge is 0.335 e. The Labute approximate surface area is 102 Å². The van der Waals surface area contributed by atoms with Gasteiger partial charge in [-0.15, -0.1) is 0 Å². The molecule has 0 aliphatic carbocycles. The molecule has 94 valence electrons. The molecule has 0 saturated heterocycles. The third-order valence-corrected chi connectivity index (χ3v) is 2.69. The Morgan fingerprint density at radius 2 is 2.00 bits per heavy atom. The average Bonchev–Trinajstić information content (AvgIpc) is 2.30. The molecule has 1 unspecified atom stereocenters. The van der Waals surface area contributed by atoms with Gasteiger partial charge in [-0.25, -0.2) is 4.79 Å². The van der Waals surface area contributed by atoms with E-state index in [1.807, 2.05) is 12.1 Å². The van der Waals surface area contributed by atoms with Gasteiger partial charge < -0.3 is 9.84 Å². The van der Waals surface area contributed by atoms with Crippen molar-refractivity contribution in [1.29, 1.82) is 0 Å². The highest BCUT2D eigenvalue weighted by Gasteiger charge is 2.03. The van der Waals surface area contributed by atoms with Gasteiger partial charge >= 0.3 is 5.97 Å². The van der Waals surface area contributed by atoms with Gasteiger partial charge in [-0.05, 0) is 37.5 Å². The van der Waals surface area contributed by atoms with E-state index >= 15 is 0 Å². The van der Waals surface area contributed by atoms with Crippen LogP contribution in [-0.2, 0) is 11.2 Å². The summed E-state index contributed by atoms with van der Waals surface area (Å²) in [6, 6.07) is 6.95. The second-order valence-electron chi connectivity index (χ2n) is 4.22. The van der Waals surface area contributed by atoms with Crippen molar-refractivity contribution in [3.05, 3.63) is 35.4 Å². The standard InChI is InChI=1S/C14H20O3/c1-3-4-11(2)17-10-9-12-5-7-13(8-6-12)14(15)16/h5-8,11H,3-4,9-10H2,1-2H3,(H,15,16). The van der Waals surface area contributed by atoms with Gasteiger partial charge in [-0.1, -0.05) is 25.5 Å². The summed E-state index contributed by atoms with van der Waals surface area (Å²) in [5.41, 5.74) is 1.44. The Kier molecular flexibility index (Phi) is 5.70. The molecule has 17 heavy (non-hydrogen) atoms. The van der Waals surface area contributed by atoms with Gasteiger partial charge in [0.1, 0.15) is 0 Å². The first-order chi connectivity index (χ1) is 8.13. The van der Waals surface area contributed by atoms with Gasteiger partial charge in [0, 0.05) is 0 Å². The van der Waals surface area contributed by atoms with Crippen molar-refractivity contribution in [3.63, 3.8) is 0 Å². The van der Waals surface area contributed by atoms with E-state index in [1.165, 1.54) is 0 Å². The van der Waals surface area contributed by atoms with Crippen LogP contribution in [0, 0.1) is 0 Å². The van der Waals surface area contributed by atoms with E-state index < -0.39 is 5.97 Å². The Morgan fingerprint density at radius 1 is 1.35 bits per heavy atom. The van der Waals surface area contributed by atoms with Gasteiger partial charge in [0.2, 0.25) is 0 Å². The molecular weight excluding hydrogens is 216 g/mol. The molecule has 0 amide bonds. The van der Waals surface area contributed by atoms with Crippen molar-refractivity contribution in [1.82, 2.24) is 0 Å². The Morgan fingerprint density at radius 3 is 2.53 bits per heavy atom. The van der Waals surface area contributed by atoms with Crippen molar-refractivity contribution in [2.24, 2.45) is 0 Å². The van der Waals surface area contributed by atoms with E-state index in [0.717, 1.165) is 24.8 Å². The molecule has 0 heterocycles. The third-order valence-electron chi connectivity index (χ3n) is 2.69. The lowest BCUT2D eigenvalue weighted by Gasteiger charge is -2.11. The SMILES string of the molecule is CCCC(C)OCCc1ccc(C(=O)O)cc1. The van der Waals surface area contributed by atoms with Crippen LogP contribution in [0.1, 0.15) is 42.6 Å². The van der Waals surface area contributed by atoms with Crippen molar-refractivity contribution in [2.45, 2.75) is 39.2 Å². The van der Waals surface area contributed by atoms with E-state index in [9.17, 15) is 4.79 Å². The molecule has 0 saturated carbocycles. The van der Waals surface area contributed by atoms with Crippen LogP contribution in [0.4, 0.5) is 0 Å². The zero-order valence-corrected chi connectivity index (χ0v) is 10.5. The predicted molar refractivity (Wildman–Crippen MR) is 67.4 cm³/mol. The minimum atomic E-state index is -0.885. The van der Waals surface area contributed by atoms with Crippen LogP contribution < -0.4 is 0 Å². The molecule has 0 radical (unpaired) electrons. The first kappa shape index (κ1) is 13.7. The first-order valence-corrected chi connectivity index (χ1v) is 6.07. The van der Waals surface area contributed by atoms with Crippen LogP contribution in [0.3, 0.4) is 0 Å². The summed E-state index contributed by atoms with van der Waals surface area (Å²) < 4.78 is 5.65. The molecule has 1 rings (SSSR count). The normalized spacial score (nSPS) is 12.4. The zero-order chi connectivity index (χ0) is 12.7. The van der Waals surface area contributed by atoms with E-state index in [2.05, 4.69) is 13.8 Å². The second-order valence-corrected chi connectivity index (χ2v) is 4.22. The molecule has 0 fully saturated rings. The predicted octanol–water partition coefficient (Wildman–Crippen LogP) is 3.13. The zero-order valence-electron chi connectivity index (χ0n) is 10.5. The summed E-state index contributed by atoms with van der Waals surface area (Å²) in [5.74, 6) is -0.885. The van der Waals surface area contributed by atoms with Crippen LogP contribution in [0.15, 0.2) is 24.3 Å². The largest absolute Gasteiger partial charge is 0.478 e. The monoisotopic (exact) mass is 236 g/mol. The number of carboxylic acids is 1. The summed E-state index contributed by atoms with van der Waals surface area (Å²) in [6.07, 6.45) is 3.35. The minimum Gasteiger partial charge on any atom is -0.478 e. The molecule has 0 aliphatic heterocycles. The lowest BCUT2D eigenvalue weighted by molar-refractivity contribution is 0.0621. The highest BCUT2D eigenvalue weighted by molar-refractivity contribution is 5.87. The molecule has 1 N–H and O–H groups in total. The lowest BCUT2D eigenvalue weighted by atomic mass is 10.1. The van der Waals surface area contributed by atoms with Crippen LogP contribution >= 0.6 is 0 Å². The summed E-state index contributed by atoms with van der Waals surface area (Å²) in [4.78, 5) is 10.7. The maximum absolute atomic E-state index is 10.7. The topological polar surface area (TPSA) is 46.5 Å². The highest BCUT2D eigenvalue weighted by atomic mass is 16.5. The van der Waals surface area contributed by atoms with E-state index in [1.54, 1.807) is 12.1 Å². The summed E-state index contributed by atoms with van der Waals surface area (Å²) >= 11 is 0.